The zero-order chi connectivity index (χ0) is 17.0. The van der Waals surface area contributed by atoms with Gasteiger partial charge in [-0.05, 0) is 52.2 Å². The van der Waals surface area contributed by atoms with Gasteiger partial charge in [0.25, 0.3) is 0 Å². The van der Waals surface area contributed by atoms with Gasteiger partial charge in [-0.2, -0.15) is 0 Å². The number of amides is 2. The highest BCUT2D eigenvalue weighted by Crippen LogP contribution is 2.20. The SMILES string of the molecule is Cc1ccc(NC(=O)[C@@H]2CCCN(C(=O)OC(C)(C)C)C2)nc1. The van der Waals surface area contributed by atoms with E-state index >= 15 is 0 Å². The number of aromatic nitrogens is 1. The van der Waals surface area contributed by atoms with Crippen LogP contribution < -0.4 is 5.32 Å². The molecule has 1 aliphatic rings. The molecule has 126 valence electrons. The van der Waals surface area contributed by atoms with Crippen LogP contribution in [0.3, 0.4) is 0 Å². The molecule has 1 aliphatic heterocycles. The number of pyridine rings is 1. The van der Waals surface area contributed by atoms with E-state index in [1.54, 1.807) is 17.2 Å². The molecule has 0 radical (unpaired) electrons. The smallest absolute Gasteiger partial charge is 0.410 e. The number of rotatable bonds is 2. The summed E-state index contributed by atoms with van der Waals surface area (Å²) in [6.07, 6.45) is 2.91. The highest BCUT2D eigenvalue weighted by molar-refractivity contribution is 5.92. The van der Waals surface area contributed by atoms with E-state index in [0.717, 1.165) is 18.4 Å². The van der Waals surface area contributed by atoms with Crippen LogP contribution >= 0.6 is 0 Å². The number of hydrogen-bond acceptors (Lipinski definition) is 4. The third-order valence-electron chi connectivity index (χ3n) is 3.61. The van der Waals surface area contributed by atoms with Crippen LogP contribution in [0.5, 0.6) is 0 Å². The lowest BCUT2D eigenvalue weighted by Gasteiger charge is -2.33. The number of ether oxygens (including phenoxy) is 1. The zero-order valence-electron chi connectivity index (χ0n) is 14.3. The third kappa shape index (κ3) is 5.23. The molecule has 1 aromatic rings. The molecule has 1 aromatic heterocycles. The van der Waals surface area contributed by atoms with Crippen LogP contribution in [-0.4, -0.2) is 40.6 Å². The molecule has 0 aromatic carbocycles. The topological polar surface area (TPSA) is 71.5 Å². The Morgan fingerprint density at radius 3 is 2.70 bits per heavy atom. The van der Waals surface area contributed by atoms with Crippen molar-refractivity contribution in [2.45, 2.75) is 46.1 Å². The molecule has 1 N–H and O–H groups in total. The standard InChI is InChI=1S/C17H25N3O3/c1-12-7-8-14(18-10-12)19-15(21)13-6-5-9-20(11-13)16(22)23-17(2,3)4/h7-8,10,13H,5-6,9,11H2,1-4H3,(H,18,19,21)/t13-/m1/s1. The van der Waals surface area contributed by atoms with Gasteiger partial charge in [-0.3, -0.25) is 4.79 Å². The predicted octanol–water partition coefficient (Wildman–Crippen LogP) is 2.98. The van der Waals surface area contributed by atoms with E-state index in [9.17, 15) is 9.59 Å². The van der Waals surface area contributed by atoms with Gasteiger partial charge < -0.3 is 15.0 Å². The summed E-state index contributed by atoms with van der Waals surface area (Å²) in [5.41, 5.74) is 0.509. The minimum absolute atomic E-state index is 0.102. The Morgan fingerprint density at radius 1 is 1.35 bits per heavy atom. The van der Waals surface area contributed by atoms with E-state index in [4.69, 9.17) is 4.74 Å². The number of nitrogens with zero attached hydrogens (tertiary/aromatic N) is 2. The molecule has 23 heavy (non-hydrogen) atoms. The summed E-state index contributed by atoms with van der Waals surface area (Å²) in [5, 5.41) is 2.82. The molecule has 6 heteroatoms. The molecule has 0 saturated carbocycles. The normalized spacial score (nSPS) is 18.4. The number of hydrogen-bond donors (Lipinski definition) is 1. The monoisotopic (exact) mass is 319 g/mol. The fraction of sp³-hybridized carbons (Fsp3) is 0.588. The van der Waals surface area contributed by atoms with Crippen LogP contribution in [-0.2, 0) is 9.53 Å². The summed E-state index contributed by atoms with van der Waals surface area (Å²) in [5.74, 6) is 0.198. The van der Waals surface area contributed by atoms with Crippen LogP contribution in [0.15, 0.2) is 18.3 Å². The number of carbonyl (C=O) groups excluding carboxylic acids is 2. The number of nitrogens with one attached hydrogen (secondary N) is 1. The van der Waals surface area contributed by atoms with Gasteiger partial charge in [-0.1, -0.05) is 6.07 Å². The molecule has 1 atom stereocenters. The van der Waals surface area contributed by atoms with Crippen molar-refractivity contribution in [3.63, 3.8) is 0 Å². The second-order valence-corrected chi connectivity index (χ2v) is 6.98. The Labute approximate surface area is 137 Å². The van der Waals surface area contributed by atoms with E-state index in [1.165, 1.54) is 0 Å². The molecule has 0 bridgehead atoms. The second kappa shape index (κ2) is 6.98. The highest BCUT2D eigenvalue weighted by atomic mass is 16.6. The van der Waals surface area contributed by atoms with Crippen LogP contribution in [0.1, 0.15) is 39.2 Å². The first-order valence-electron chi connectivity index (χ1n) is 7.96. The fourth-order valence-corrected chi connectivity index (χ4v) is 2.45. The Balaban J connectivity index is 1.93. The first-order valence-corrected chi connectivity index (χ1v) is 7.96. The number of carbonyl (C=O) groups is 2. The maximum absolute atomic E-state index is 12.4. The van der Waals surface area contributed by atoms with Gasteiger partial charge in [0.2, 0.25) is 5.91 Å². The van der Waals surface area contributed by atoms with Crippen molar-refractivity contribution >= 4 is 17.8 Å². The summed E-state index contributed by atoms with van der Waals surface area (Å²) in [7, 11) is 0. The molecule has 0 aliphatic carbocycles. The van der Waals surface area contributed by atoms with E-state index in [0.29, 0.717) is 18.9 Å². The van der Waals surface area contributed by atoms with E-state index in [-0.39, 0.29) is 17.9 Å². The van der Waals surface area contributed by atoms with E-state index < -0.39 is 5.60 Å². The van der Waals surface area contributed by atoms with Crippen LogP contribution in [0.25, 0.3) is 0 Å². The van der Waals surface area contributed by atoms with Crippen molar-refractivity contribution in [2.75, 3.05) is 18.4 Å². The number of anilines is 1. The van der Waals surface area contributed by atoms with Gasteiger partial charge >= 0.3 is 6.09 Å². The maximum Gasteiger partial charge on any atom is 0.410 e. The summed E-state index contributed by atoms with van der Waals surface area (Å²) in [6.45, 7) is 8.46. The van der Waals surface area contributed by atoms with Gasteiger partial charge in [0.15, 0.2) is 0 Å². The number of likely N-dealkylation sites (tertiary alicyclic amines) is 1. The first-order chi connectivity index (χ1) is 10.7. The maximum atomic E-state index is 12.4. The molecule has 6 nitrogen and oxygen atoms in total. The molecule has 0 unspecified atom stereocenters. The van der Waals surface area contributed by atoms with Crippen molar-refractivity contribution < 1.29 is 14.3 Å². The average Bonchev–Trinajstić information content (AvgIpc) is 2.48. The molecule has 2 amide bonds. The summed E-state index contributed by atoms with van der Waals surface area (Å²) < 4.78 is 5.38. The average molecular weight is 319 g/mol. The summed E-state index contributed by atoms with van der Waals surface area (Å²) in [4.78, 5) is 30.3. The lowest BCUT2D eigenvalue weighted by atomic mass is 9.97. The van der Waals surface area contributed by atoms with Crippen molar-refractivity contribution in [1.82, 2.24) is 9.88 Å². The molecule has 1 saturated heterocycles. The molecule has 2 rings (SSSR count). The quantitative estimate of drug-likeness (QED) is 0.909. The minimum atomic E-state index is -0.530. The Hall–Kier alpha value is -2.11. The Bertz CT molecular complexity index is 563. The second-order valence-electron chi connectivity index (χ2n) is 6.98. The summed E-state index contributed by atoms with van der Waals surface area (Å²) in [6, 6.07) is 3.68. The van der Waals surface area contributed by atoms with Gasteiger partial charge in [-0.25, -0.2) is 9.78 Å². The molecule has 2 heterocycles. The summed E-state index contributed by atoms with van der Waals surface area (Å²) >= 11 is 0. The lowest BCUT2D eigenvalue weighted by molar-refractivity contribution is -0.121. The van der Waals surface area contributed by atoms with Gasteiger partial charge in [0.1, 0.15) is 11.4 Å². The number of piperidine rings is 1. The van der Waals surface area contributed by atoms with E-state index in [1.807, 2.05) is 33.8 Å². The minimum Gasteiger partial charge on any atom is -0.444 e. The molecule has 0 spiro atoms. The zero-order valence-corrected chi connectivity index (χ0v) is 14.3. The van der Waals surface area contributed by atoms with Crippen LogP contribution in [0, 0.1) is 12.8 Å². The Morgan fingerprint density at radius 2 is 2.09 bits per heavy atom. The molecular weight excluding hydrogens is 294 g/mol. The number of aryl methyl sites for hydroxylation is 1. The third-order valence-corrected chi connectivity index (χ3v) is 3.61. The lowest BCUT2D eigenvalue weighted by Crippen LogP contribution is -2.45. The largest absolute Gasteiger partial charge is 0.444 e. The van der Waals surface area contributed by atoms with Gasteiger partial charge in [0, 0.05) is 19.3 Å². The first kappa shape index (κ1) is 17.2. The Kier molecular flexibility index (Phi) is 5.23. The highest BCUT2D eigenvalue weighted by Gasteiger charge is 2.31. The van der Waals surface area contributed by atoms with Crippen molar-refractivity contribution in [3.8, 4) is 0 Å². The van der Waals surface area contributed by atoms with Gasteiger partial charge in [-0.15, -0.1) is 0 Å². The molecular formula is C17H25N3O3. The molecule has 1 fully saturated rings. The van der Waals surface area contributed by atoms with Crippen molar-refractivity contribution in [2.24, 2.45) is 5.92 Å². The van der Waals surface area contributed by atoms with Crippen molar-refractivity contribution in [3.05, 3.63) is 23.9 Å². The van der Waals surface area contributed by atoms with E-state index in [2.05, 4.69) is 10.3 Å². The van der Waals surface area contributed by atoms with Crippen LogP contribution in [0.4, 0.5) is 10.6 Å². The van der Waals surface area contributed by atoms with Gasteiger partial charge in [0.05, 0.1) is 5.92 Å². The van der Waals surface area contributed by atoms with Crippen molar-refractivity contribution in [1.29, 1.82) is 0 Å². The predicted molar refractivity (Wildman–Crippen MR) is 88.1 cm³/mol. The van der Waals surface area contributed by atoms with Crippen LogP contribution in [0.2, 0.25) is 0 Å². The fourth-order valence-electron chi connectivity index (χ4n) is 2.45.